The molecule has 0 aromatic heterocycles. The summed E-state index contributed by atoms with van der Waals surface area (Å²) in [7, 11) is -4.08. The third kappa shape index (κ3) is 4.27. The lowest BCUT2D eigenvalue weighted by Gasteiger charge is -2.26. The molecule has 2 rings (SSSR count). The molecule has 1 fully saturated rings. The van der Waals surface area contributed by atoms with Crippen LogP contribution in [0, 0.1) is 0 Å². The molecule has 0 saturated heterocycles. The molecule has 0 spiro atoms. The molecule has 0 aliphatic heterocycles. The fraction of sp³-hybridized carbons (Fsp3) is 0.429. The highest BCUT2D eigenvalue weighted by atomic mass is 32.2. The van der Waals surface area contributed by atoms with Crippen LogP contribution in [0.2, 0.25) is 0 Å². The molecule has 8 nitrogen and oxygen atoms in total. The Morgan fingerprint density at radius 1 is 1.35 bits per heavy atom. The standard InChI is InChI=1S/C14H19N3O5S/c15-13(19)12(8-18)17-23(21,22)11-6-1-3-9(7-11)14(20)16-10-4-2-5-10/h1,3,6-7,10,12,17-18H,2,4-5,8H2,(H2,15,19)(H,16,20)/t12-/m0/s1. The molecular weight excluding hydrogens is 322 g/mol. The summed E-state index contributed by atoms with van der Waals surface area (Å²) >= 11 is 0. The summed E-state index contributed by atoms with van der Waals surface area (Å²) in [5, 5.41) is 11.8. The summed E-state index contributed by atoms with van der Waals surface area (Å²) in [5.41, 5.74) is 5.20. The molecule has 1 saturated carbocycles. The second kappa shape index (κ2) is 7.07. The molecule has 2 amide bonds. The number of aliphatic hydroxyl groups is 1. The molecule has 1 aliphatic carbocycles. The molecule has 0 heterocycles. The van der Waals surface area contributed by atoms with Crippen LogP contribution in [0.15, 0.2) is 29.2 Å². The summed E-state index contributed by atoms with van der Waals surface area (Å²) < 4.78 is 26.4. The zero-order valence-corrected chi connectivity index (χ0v) is 13.2. The quantitative estimate of drug-likeness (QED) is 0.509. The molecule has 1 aliphatic rings. The Labute approximate surface area is 134 Å². The van der Waals surface area contributed by atoms with Crippen molar-refractivity contribution in [1.82, 2.24) is 10.0 Å². The number of carbonyl (C=O) groups excluding carboxylic acids is 2. The molecule has 1 aromatic rings. The van der Waals surface area contributed by atoms with Crippen molar-refractivity contribution < 1.29 is 23.1 Å². The Bertz CT molecular complexity index is 700. The largest absolute Gasteiger partial charge is 0.394 e. The zero-order valence-electron chi connectivity index (χ0n) is 12.4. The van der Waals surface area contributed by atoms with Crippen molar-refractivity contribution in [3.63, 3.8) is 0 Å². The van der Waals surface area contributed by atoms with Gasteiger partial charge in [0.25, 0.3) is 5.91 Å². The van der Waals surface area contributed by atoms with Gasteiger partial charge in [-0.25, -0.2) is 8.42 Å². The van der Waals surface area contributed by atoms with E-state index in [1.807, 2.05) is 4.72 Å². The normalized spacial score (nSPS) is 16.4. The van der Waals surface area contributed by atoms with Gasteiger partial charge in [-0.3, -0.25) is 9.59 Å². The van der Waals surface area contributed by atoms with Crippen LogP contribution in [0.25, 0.3) is 0 Å². The van der Waals surface area contributed by atoms with Gasteiger partial charge in [0, 0.05) is 11.6 Å². The first kappa shape index (κ1) is 17.4. The minimum absolute atomic E-state index is 0.134. The third-order valence-electron chi connectivity index (χ3n) is 3.67. The van der Waals surface area contributed by atoms with Gasteiger partial charge in [0.15, 0.2) is 0 Å². The first-order chi connectivity index (χ1) is 10.8. The summed E-state index contributed by atoms with van der Waals surface area (Å²) in [5.74, 6) is -1.34. The number of benzene rings is 1. The van der Waals surface area contributed by atoms with Gasteiger partial charge in [-0.1, -0.05) is 6.07 Å². The van der Waals surface area contributed by atoms with Crippen molar-refractivity contribution in [1.29, 1.82) is 0 Å². The van der Waals surface area contributed by atoms with Gasteiger partial charge in [-0.2, -0.15) is 4.72 Å². The highest BCUT2D eigenvalue weighted by Crippen LogP contribution is 2.19. The average Bonchev–Trinajstić information content (AvgIpc) is 2.48. The molecule has 1 atom stereocenters. The van der Waals surface area contributed by atoms with Gasteiger partial charge in [0.1, 0.15) is 6.04 Å². The Morgan fingerprint density at radius 2 is 2.04 bits per heavy atom. The predicted octanol–water partition coefficient (Wildman–Crippen LogP) is -0.907. The smallest absolute Gasteiger partial charge is 0.251 e. The van der Waals surface area contributed by atoms with Crippen LogP contribution in [0.3, 0.4) is 0 Å². The van der Waals surface area contributed by atoms with E-state index < -0.39 is 28.6 Å². The van der Waals surface area contributed by atoms with Crippen LogP contribution in [-0.2, 0) is 14.8 Å². The van der Waals surface area contributed by atoms with E-state index in [1.54, 1.807) is 0 Å². The number of carbonyl (C=O) groups is 2. The summed E-state index contributed by atoms with van der Waals surface area (Å²) in [4.78, 5) is 22.9. The highest BCUT2D eigenvalue weighted by molar-refractivity contribution is 7.89. The van der Waals surface area contributed by atoms with Crippen molar-refractivity contribution in [2.24, 2.45) is 5.73 Å². The second-order valence-electron chi connectivity index (χ2n) is 5.39. The molecule has 9 heteroatoms. The van der Waals surface area contributed by atoms with Crippen molar-refractivity contribution in [3.05, 3.63) is 29.8 Å². The lowest BCUT2D eigenvalue weighted by molar-refractivity contribution is -0.120. The first-order valence-electron chi connectivity index (χ1n) is 7.17. The summed E-state index contributed by atoms with van der Waals surface area (Å²) in [6, 6.07) is 4.15. The number of sulfonamides is 1. The van der Waals surface area contributed by atoms with Crippen molar-refractivity contribution in [2.75, 3.05) is 6.61 Å². The minimum atomic E-state index is -4.08. The topological polar surface area (TPSA) is 139 Å². The summed E-state index contributed by atoms with van der Waals surface area (Å²) in [6.45, 7) is -0.754. The van der Waals surface area contributed by atoms with Crippen molar-refractivity contribution >= 4 is 21.8 Å². The molecule has 5 N–H and O–H groups in total. The first-order valence-corrected chi connectivity index (χ1v) is 8.65. The van der Waals surface area contributed by atoms with Gasteiger partial charge < -0.3 is 16.2 Å². The molecule has 1 aromatic carbocycles. The third-order valence-corrected chi connectivity index (χ3v) is 5.14. The molecular formula is C14H19N3O5S. The van der Waals surface area contributed by atoms with Crippen molar-refractivity contribution in [3.8, 4) is 0 Å². The monoisotopic (exact) mass is 341 g/mol. The van der Waals surface area contributed by atoms with Crippen LogP contribution in [0.4, 0.5) is 0 Å². The summed E-state index contributed by atoms with van der Waals surface area (Å²) in [6.07, 6.45) is 2.91. The van der Waals surface area contributed by atoms with Gasteiger partial charge in [0.05, 0.1) is 11.5 Å². The number of aliphatic hydroxyl groups excluding tert-OH is 1. The Balaban J connectivity index is 2.17. The highest BCUT2D eigenvalue weighted by Gasteiger charge is 2.25. The zero-order chi connectivity index (χ0) is 17.0. The number of primary amides is 1. The minimum Gasteiger partial charge on any atom is -0.394 e. The molecule has 126 valence electrons. The van der Waals surface area contributed by atoms with E-state index in [-0.39, 0.29) is 22.4 Å². The lowest BCUT2D eigenvalue weighted by Crippen LogP contribution is -2.46. The van der Waals surface area contributed by atoms with Crippen LogP contribution >= 0.6 is 0 Å². The maximum Gasteiger partial charge on any atom is 0.251 e. The van der Waals surface area contributed by atoms with E-state index >= 15 is 0 Å². The number of hydrogen-bond acceptors (Lipinski definition) is 5. The van der Waals surface area contributed by atoms with Crippen LogP contribution in [0.1, 0.15) is 29.6 Å². The predicted molar refractivity (Wildman–Crippen MR) is 81.9 cm³/mol. The number of nitrogens with one attached hydrogen (secondary N) is 2. The van der Waals surface area contributed by atoms with E-state index in [9.17, 15) is 18.0 Å². The Hall–Kier alpha value is -1.97. The lowest BCUT2D eigenvalue weighted by atomic mass is 9.93. The van der Waals surface area contributed by atoms with Crippen LogP contribution in [-0.4, -0.2) is 44.0 Å². The van der Waals surface area contributed by atoms with E-state index in [4.69, 9.17) is 10.8 Å². The van der Waals surface area contributed by atoms with Gasteiger partial charge >= 0.3 is 0 Å². The maximum absolute atomic E-state index is 12.2. The number of hydrogen-bond donors (Lipinski definition) is 4. The van der Waals surface area contributed by atoms with Gasteiger partial charge in [-0.15, -0.1) is 0 Å². The molecule has 0 radical (unpaired) electrons. The molecule has 23 heavy (non-hydrogen) atoms. The SMILES string of the molecule is NC(=O)[C@H](CO)NS(=O)(=O)c1cccc(C(=O)NC2CCC2)c1. The number of nitrogens with two attached hydrogens (primary N) is 1. The fourth-order valence-electron chi connectivity index (χ4n) is 2.07. The molecule has 0 unspecified atom stereocenters. The maximum atomic E-state index is 12.2. The van der Waals surface area contributed by atoms with Gasteiger partial charge in [-0.05, 0) is 37.5 Å². The number of amides is 2. The number of rotatable bonds is 7. The van der Waals surface area contributed by atoms with Gasteiger partial charge in [0.2, 0.25) is 15.9 Å². The van der Waals surface area contributed by atoms with E-state index in [1.165, 1.54) is 24.3 Å². The van der Waals surface area contributed by atoms with Crippen molar-refractivity contribution in [2.45, 2.75) is 36.2 Å². The molecule has 0 bridgehead atoms. The Kier molecular flexibility index (Phi) is 5.34. The van der Waals surface area contributed by atoms with E-state index in [0.29, 0.717) is 0 Å². The fourth-order valence-corrected chi connectivity index (χ4v) is 3.31. The van der Waals surface area contributed by atoms with E-state index in [2.05, 4.69) is 5.32 Å². The van der Waals surface area contributed by atoms with E-state index in [0.717, 1.165) is 19.3 Å². The van der Waals surface area contributed by atoms with Crippen LogP contribution in [0.5, 0.6) is 0 Å². The Morgan fingerprint density at radius 3 is 2.57 bits per heavy atom. The second-order valence-corrected chi connectivity index (χ2v) is 7.10. The van der Waals surface area contributed by atoms with Crippen LogP contribution < -0.4 is 15.8 Å². The average molecular weight is 341 g/mol.